The van der Waals surface area contributed by atoms with Gasteiger partial charge in [-0.15, -0.1) is 6.92 Å². The summed E-state index contributed by atoms with van der Waals surface area (Å²) >= 11 is 0. The number of allylic oxidation sites excluding steroid dienone is 1. The minimum Gasteiger partial charge on any atom is -0.251 e. The minimum absolute atomic E-state index is 0. The molecule has 0 amide bonds. The smallest absolute Gasteiger partial charge is 0.251 e. The maximum Gasteiger partial charge on any atom is 1.00 e. The first kappa shape index (κ1) is 13.4. The predicted molar refractivity (Wildman–Crippen MR) is 58.2 cm³/mol. The zero-order valence-electron chi connectivity index (χ0n) is 9.73. The Bertz CT molecular complexity index is 359. The van der Waals surface area contributed by atoms with E-state index in [2.05, 4.69) is 23.9 Å². The van der Waals surface area contributed by atoms with Gasteiger partial charge in [0.2, 0.25) is 0 Å². The minimum atomic E-state index is 0. The van der Waals surface area contributed by atoms with Gasteiger partial charge in [-0.25, -0.2) is 10.8 Å². The number of imidazole rings is 1. The Balaban J connectivity index is 0.00000112. The SMILES string of the molecule is C[C-]1C=Cc2nc(C(C)C)cn2N=C1.[Rb+]. The van der Waals surface area contributed by atoms with Gasteiger partial charge < -0.3 is 0 Å². The van der Waals surface area contributed by atoms with E-state index in [1.807, 2.05) is 36.2 Å². The molecule has 0 fully saturated rings. The third kappa shape index (κ3) is 3.13. The monoisotopic (exact) mass is 273 g/mol. The van der Waals surface area contributed by atoms with Gasteiger partial charge >= 0.3 is 58.2 Å². The fourth-order valence-electron chi connectivity index (χ4n) is 1.29. The summed E-state index contributed by atoms with van der Waals surface area (Å²) in [5, 5.41) is 4.30. The Morgan fingerprint density at radius 3 is 2.80 bits per heavy atom. The van der Waals surface area contributed by atoms with Crippen LogP contribution in [0.3, 0.4) is 0 Å². The van der Waals surface area contributed by atoms with Gasteiger partial charge in [0.1, 0.15) is 0 Å². The topological polar surface area (TPSA) is 30.2 Å². The molecule has 0 aliphatic carbocycles. The Hall–Kier alpha value is 0.295. The van der Waals surface area contributed by atoms with E-state index < -0.39 is 0 Å². The van der Waals surface area contributed by atoms with Gasteiger partial charge in [-0.05, 0) is 12.1 Å². The summed E-state index contributed by atoms with van der Waals surface area (Å²) in [5.41, 5.74) is 1.08. The van der Waals surface area contributed by atoms with Crippen LogP contribution in [-0.2, 0) is 0 Å². The maximum atomic E-state index is 4.49. The molecule has 0 saturated heterocycles. The fraction of sp³-hybridized carbons (Fsp3) is 0.364. The largest absolute Gasteiger partial charge is 1.00 e. The number of nitrogens with zero attached hydrogens (tertiary/aromatic N) is 3. The molecule has 1 aliphatic heterocycles. The first-order chi connectivity index (χ1) is 6.66. The van der Waals surface area contributed by atoms with Gasteiger partial charge in [-0.2, -0.15) is 17.1 Å². The molecule has 2 heterocycles. The molecule has 1 aliphatic rings. The summed E-state index contributed by atoms with van der Waals surface area (Å²) in [5.74, 6) is 2.49. The van der Waals surface area contributed by atoms with Crippen molar-refractivity contribution >= 4 is 12.3 Å². The Morgan fingerprint density at radius 1 is 1.40 bits per heavy atom. The molecule has 0 spiro atoms. The zero-order chi connectivity index (χ0) is 10.1. The van der Waals surface area contributed by atoms with Crippen molar-refractivity contribution in [1.82, 2.24) is 9.66 Å². The molecule has 1 aromatic heterocycles. The van der Waals surface area contributed by atoms with E-state index in [1.54, 1.807) is 0 Å². The summed E-state index contributed by atoms with van der Waals surface area (Å²) in [6, 6.07) is 0. The molecule has 1 aromatic rings. The van der Waals surface area contributed by atoms with E-state index in [-0.39, 0.29) is 58.2 Å². The number of rotatable bonds is 1. The second-order valence-electron chi connectivity index (χ2n) is 3.85. The third-order valence-corrected chi connectivity index (χ3v) is 2.21. The third-order valence-electron chi connectivity index (χ3n) is 2.21. The average Bonchev–Trinajstić information content (AvgIpc) is 2.48. The van der Waals surface area contributed by atoms with Crippen molar-refractivity contribution in [3.05, 3.63) is 29.7 Å². The van der Waals surface area contributed by atoms with Crippen LogP contribution in [0.15, 0.2) is 17.4 Å². The maximum absolute atomic E-state index is 4.49. The molecule has 2 rings (SSSR count). The van der Waals surface area contributed by atoms with Crippen molar-refractivity contribution in [2.75, 3.05) is 0 Å². The van der Waals surface area contributed by atoms with Crippen LogP contribution in [0.25, 0.3) is 6.08 Å². The summed E-state index contributed by atoms with van der Waals surface area (Å²) in [6.07, 6.45) is 7.85. The van der Waals surface area contributed by atoms with Gasteiger partial charge in [-0.3, -0.25) is 4.98 Å². The quantitative estimate of drug-likeness (QED) is 0.633. The van der Waals surface area contributed by atoms with Crippen molar-refractivity contribution in [1.29, 1.82) is 0 Å². The Morgan fingerprint density at radius 2 is 2.13 bits per heavy atom. The molecule has 0 saturated carbocycles. The van der Waals surface area contributed by atoms with Gasteiger partial charge in [0, 0.05) is 0 Å². The Labute approximate surface area is 139 Å². The number of hydrogen-bond donors (Lipinski definition) is 0. The number of hydrogen-bond acceptors (Lipinski definition) is 2. The molecule has 0 atom stereocenters. The fourth-order valence-corrected chi connectivity index (χ4v) is 1.29. The average molecular weight is 274 g/mol. The Kier molecular flexibility index (Phi) is 4.96. The van der Waals surface area contributed by atoms with Crippen LogP contribution in [0.2, 0.25) is 0 Å². The standard InChI is InChI=1S/C11H14N3.Rb/c1-8(2)10-7-14-11(13-10)5-4-9(3)6-12-14;/h4-8H,1-3H3;/q-1;+1. The molecular weight excluding hydrogens is 260 g/mol. The van der Waals surface area contributed by atoms with Crippen molar-refractivity contribution in [2.45, 2.75) is 26.7 Å². The van der Waals surface area contributed by atoms with E-state index >= 15 is 0 Å². The molecule has 0 aromatic carbocycles. The summed E-state index contributed by atoms with van der Waals surface area (Å²) in [6.45, 7) is 6.29. The van der Waals surface area contributed by atoms with Crippen LogP contribution in [0.4, 0.5) is 0 Å². The second kappa shape index (κ2) is 5.57. The van der Waals surface area contributed by atoms with Crippen molar-refractivity contribution in [2.24, 2.45) is 5.10 Å². The van der Waals surface area contributed by atoms with Gasteiger partial charge in [0.05, 0.1) is 17.7 Å². The molecule has 74 valence electrons. The van der Waals surface area contributed by atoms with E-state index in [4.69, 9.17) is 0 Å². The van der Waals surface area contributed by atoms with Gasteiger partial charge in [-0.1, -0.05) is 13.8 Å². The van der Waals surface area contributed by atoms with Crippen LogP contribution in [0.1, 0.15) is 38.2 Å². The molecular formula is C11H14N3Rb. The summed E-state index contributed by atoms with van der Waals surface area (Å²) in [4.78, 5) is 4.49. The van der Waals surface area contributed by atoms with E-state index in [1.165, 1.54) is 0 Å². The molecule has 3 nitrogen and oxygen atoms in total. The van der Waals surface area contributed by atoms with Crippen LogP contribution in [0, 0.1) is 5.92 Å². The van der Waals surface area contributed by atoms with E-state index in [0.29, 0.717) is 5.92 Å². The number of fused-ring (bicyclic) bond motifs is 1. The molecule has 0 radical (unpaired) electrons. The molecule has 4 heteroatoms. The van der Waals surface area contributed by atoms with Crippen molar-refractivity contribution in [3.63, 3.8) is 0 Å². The van der Waals surface area contributed by atoms with Crippen molar-refractivity contribution < 1.29 is 58.2 Å². The van der Waals surface area contributed by atoms with Crippen LogP contribution in [-0.4, -0.2) is 15.9 Å². The van der Waals surface area contributed by atoms with Crippen LogP contribution >= 0.6 is 0 Å². The molecule has 15 heavy (non-hydrogen) atoms. The first-order valence-corrected chi connectivity index (χ1v) is 4.82. The van der Waals surface area contributed by atoms with E-state index in [9.17, 15) is 0 Å². The van der Waals surface area contributed by atoms with Crippen molar-refractivity contribution in [3.8, 4) is 0 Å². The van der Waals surface area contributed by atoms with Crippen LogP contribution in [0.5, 0.6) is 0 Å². The van der Waals surface area contributed by atoms with Gasteiger partial charge in [0.15, 0.2) is 0 Å². The van der Waals surface area contributed by atoms with E-state index in [0.717, 1.165) is 17.4 Å². The first-order valence-electron chi connectivity index (χ1n) is 4.82. The molecule has 0 bridgehead atoms. The predicted octanol–water partition coefficient (Wildman–Crippen LogP) is -0.534. The number of aromatic nitrogens is 2. The molecule has 0 unspecified atom stereocenters. The summed E-state index contributed by atoms with van der Waals surface area (Å²) in [7, 11) is 0. The normalized spacial score (nSPS) is 13.7. The molecule has 0 N–H and O–H groups in total. The van der Waals surface area contributed by atoms with Gasteiger partial charge in [0.25, 0.3) is 0 Å². The summed E-state index contributed by atoms with van der Waals surface area (Å²) < 4.78 is 1.82. The zero-order valence-corrected chi connectivity index (χ0v) is 14.6. The second-order valence-corrected chi connectivity index (χ2v) is 3.85. The van der Waals surface area contributed by atoms with Crippen LogP contribution < -0.4 is 58.2 Å².